The molecule has 21 heavy (non-hydrogen) atoms. The molecule has 0 aliphatic carbocycles. The molecule has 0 saturated carbocycles. The summed E-state index contributed by atoms with van der Waals surface area (Å²) < 4.78 is 27.7. The highest BCUT2D eigenvalue weighted by Gasteiger charge is 2.19. The predicted molar refractivity (Wildman–Crippen MR) is 85.9 cm³/mol. The molecule has 0 atom stereocenters. The third kappa shape index (κ3) is 3.56. The molecule has 0 aliphatic rings. The zero-order valence-electron chi connectivity index (χ0n) is 10.9. The maximum absolute atomic E-state index is 12.4. The van der Waals surface area contributed by atoms with Gasteiger partial charge < -0.3 is 0 Å². The van der Waals surface area contributed by atoms with Crippen molar-refractivity contribution >= 4 is 43.2 Å². The van der Waals surface area contributed by atoms with Crippen molar-refractivity contribution in [2.45, 2.75) is 11.8 Å². The highest BCUT2D eigenvalue weighted by atomic mass is 79.9. The third-order valence-corrected chi connectivity index (χ3v) is 5.30. The Labute approximate surface area is 136 Å². The summed E-state index contributed by atoms with van der Waals surface area (Å²) in [4.78, 5) is 0.0944. The number of sulfonamides is 1. The molecule has 0 unspecified atom stereocenters. The van der Waals surface area contributed by atoms with Crippen LogP contribution in [0.25, 0.3) is 0 Å². The second kappa shape index (κ2) is 6.06. The normalized spacial score (nSPS) is 11.0. The Morgan fingerprint density at radius 1 is 1.24 bits per heavy atom. The van der Waals surface area contributed by atoms with Gasteiger partial charge in [-0.05, 0) is 58.7 Å². The van der Waals surface area contributed by atoms with Gasteiger partial charge in [0, 0.05) is 9.50 Å². The lowest BCUT2D eigenvalue weighted by molar-refractivity contribution is 0.600. The van der Waals surface area contributed by atoms with Gasteiger partial charge in [-0.25, -0.2) is 8.42 Å². The zero-order valence-corrected chi connectivity index (χ0v) is 14.1. The van der Waals surface area contributed by atoms with Crippen molar-refractivity contribution in [3.05, 3.63) is 57.0 Å². The molecule has 0 bridgehead atoms. The van der Waals surface area contributed by atoms with E-state index in [0.29, 0.717) is 9.50 Å². The summed E-state index contributed by atoms with van der Waals surface area (Å²) in [5.74, 6) is 0. The minimum absolute atomic E-state index is 0.0944. The minimum atomic E-state index is -3.82. The van der Waals surface area contributed by atoms with Crippen molar-refractivity contribution in [3.63, 3.8) is 0 Å². The number of hydrogen-bond acceptors (Lipinski definition) is 3. The van der Waals surface area contributed by atoms with Crippen molar-refractivity contribution in [3.8, 4) is 6.07 Å². The van der Waals surface area contributed by atoms with E-state index in [-0.39, 0.29) is 16.1 Å². The predicted octanol–water partition coefficient (Wildman–Crippen LogP) is 4.08. The van der Waals surface area contributed by atoms with Crippen LogP contribution in [0.2, 0.25) is 5.02 Å². The zero-order chi connectivity index (χ0) is 15.6. The number of hydrogen-bond donors (Lipinski definition) is 1. The van der Waals surface area contributed by atoms with Crippen molar-refractivity contribution in [2.24, 2.45) is 0 Å². The van der Waals surface area contributed by atoms with Crippen LogP contribution >= 0.6 is 27.5 Å². The fraction of sp³-hybridized carbons (Fsp3) is 0.0714. The SMILES string of the molecule is Cc1ccc(S(=O)(=O)Nc2cc(Cl)ccc2C#N)c(Br)c1. The van der Waals surface area contributed by atoms with Crippen LogP contribution in [0.3, 0.4) is 0 Å². The molecule has 2 aromatic rings. The van der Waals surface area contributed by atoms with E-state index in [9.17, 15) is 8.42 Å². The van der Waals surface area contributed by atoms with E-state index in [2.05, 4.69) is 20.7 Å². The van der Waals surface area contributed by atoms with Gasteiger partial charge in [-0.15, -0.1) is 0 Å². The minimum Gasteiger partial charge on any atom is -0.278 e. The molecule has 0 fully saturated rings. The number of rotatable bonds is 3. The Morgan fingerprint density at radius 3 is 2.57 bits per heavy atom. The summed E-state index contributed by atoms with van der Waals surface area (Å²) in [6.45, 7) is 1.86. The number of aryl methyl sites for hydroxylation is 1. The molecule has 2 aromatic carbocycles. The van der Waals surface area contributed by atoms with Crippen molar-refractivity contribution in [1.29, 1.82) is 5.26 Å². The summed E-state index contributed by atoms with van der Waals surface area (Å²) >= 11 is 9.08. The largest absolute Gasteiger partial charge is 0.278 e. The molecule has 7 heteroatoms. The molecule has 0 aliphatic heterocycles. The van der Waals surface area contributed by atoms with Gasteiger partial charge in [-0.1, -0.05) is 17.7 Å². The molecule has 0 amide bonds. The number of halogens is 2. The lowest BCUT2D eigenvalue weighted by atomic mass is 10.2. The number of anilines is 1. The monoisotopic (exact) mass is 384 g/mol. The first-order valence-electron chi connectivity index (χ1n) is 5.82. The van der Waals surface area contributed by atoms with Crippen LogP contribution in [0.15, 0.2) is 45.8 Å². The van der Waals surface area contributed by atoms with Gasteiger partial charge >= 0.3 is 0 Å². The Hall–Kier alpha value is -1.55. The topological polar surface area (TPSA) is 70.0 Å². The molecule has 108 valence electrons. The van der Waals surface area contributed by atoms with E-state index >= 15 is 0 Å². The molecule has 4 nitrogen and oxygen atoms in total. The Balaban J connectivity index is 2.47. The summed E-state index contributed by atoms with van der Waals surface area (Å²) in [5.41, 5.74) is 1.28. The van der Waals surface area contributed by atoms with Crippen LogP contribution in [-0.2, 0) is 10.0 Å². The quantitative estimate of drug-likeness (QED) is 0.865. The average Bonchev–Trinajstić information content (AvgIpc) is 2.37. The standard InChI is InChI=1S/C14H10BrClN2O2S/c1-9-2-5-14(12(15)6-9)21(19,20)18-13-7-11(16)4-3-10(13)8-17/h2-7,18H,1H3. The van der Waals surface area contributed by atoms with Crippen LogP contribution in [0, 0.1) is 18.3 Å². The summed E-state index contributed by atoms with van der Waals surface area (Å²) in [7, 11) is -3.82. The average molecular weight is 386 g/mol. The van der Waals surface area contributed by atoms with Crippen LogP contribution in [0.1, 0.15) is 11.1 Å². The molecule has 0 heterocycles. The maximum atomic E-state index is 12.4. The van der Waals surface area contributed by atoms with E-state index in [0.717, 1.165) is 5.56 Å². The number of benzene rings is 2. The highest BCUT2D eigenvalue weighted by Crippen LogP contribution is 2.27. The molecule has 1 N–H and O–H groups in total. The van der Waals surface area contributed by atoms with Crippen molar-refractivity contribution in [1.82, 2.24) is 0 Å². The van der Waals surface area contributed by atoms with Crippen LogP contribution in [0.4, 0.5) is 5.69 Å². The van der Waals surface area contributed by atoms with Gasteiger partial charge in [-0.3, -0.25) is 4.72 Å². The smallest absolute Gasteiger partial charge is 0.263 e. The summed E-state index contributed by atoms with van der Waals surface area (Å²) in [6.07, 6.45) is 0. The van der Waals surface area contributed by atoms with E-state index in [1.807, 2.05) is 13.0 Å². The van der Waals surface area contributed by atoms with E-state index in [4.69, 9.17) is 16.9 Å². The number of nitriles is 1. The first kappa shape index (κ1) is 15.8. The van der Waals surface area contributed by atoms with Crippen LogP contribution in [0.5, 0.6) is 0 Å². The summed E-state index contributed by atoms with van der Waals surface area (Å²) in [5, 5.41) is 9.37. The van der Waals surface area contributed by atoms with Gasteiger partial charge in [0.15, 0.2) is 0 Å². The van der Waals surface area contributed by atoms with Crippen LogP contribution in [-0.4, -0.2) is 8.42 Å². The van der Waals surface area contributed by atoms with E-state index in [1.165, 1.54) is 24.3 Å². The van der Waals surface area contributed by atoms with Gasteiger partial charge in [0.1, 0.15) is 11.0 Å². The Morgan fingerprint density at radius 2 is 1.95 bits per heavy atom. The number of nitrogens with zero attached hydrogens (tertiary/aromatic N) is 1. The molecule has 0 spiro atoms. The Kier molecular flexibility index (Phi) is 4.57. The lowest BCUT2D eigenvalue weighted by Gasteiger charge is -2.11. The number of nitrogens with one attached hydrogen (secondary N) is 1. The van der Waals surface area contributed by atoms with Gasteiger partial charge in [0.05, 0.1) is 11.3 Å². The van der Waals surface area contributed by atoms with Gasteiger partial charge in [0.25, 0.3) is 10.0 Å². The second-order valence-electron chi connectivity index (χ2n) is 4.34. The highest BCUT2D eigenvalue weighted by molar-refractivity contribution is 9.10. The van der Waals surface area contributed by atoms with Crippen molar-refractivity contribution < 1.29 is 8.42 Å². The second-order valence-corrected chi connectivity index (χ2v) is 7.28. The fourth-order valence-electron chi connectivity index (χ4n) is 1.72. The molecular weight excluding hydrogens is 376 g/mol. The van der Waals surface area contributed by atoms with Crippen LogP contribution < -0.4 is 4.72 Å². The van der Waals surface area contributed by atoms with Gasteiger partial charge in [-0.2, -0.15) is 5.26 Å². The van der Waals surface area contributed by atoms with Gasteiger partial charge in [0.2, 0.25) is 0 Å². The molecule has 0 aromatic heterocycles. The maximum Gasteiger partial charge on any atom is 0.263 e. The van der Waals surface area contributed by atoms with Crippen molar-refractivity contribution in [2.75, 3.05) is 4.72 Å². The molecular formula is C14H10BrClN2O2S. The first-order valence-corrected chi connectivity index (χ1v) is 8.47. The summed E-state index contributed by atoms with van der Waals surface area (Å²) in [6, 6.07) is 11.2. The fourth-order valence-corrected chi connectivity index (χ4v) is 4.16. The molecule has 0 radical (unpaired) electrons. The third-order valence-electron chi connectivity index (χ3n) is 2.72. The van der Waals surface area contributed by atoms with E-state index in [1.54, 1.807) is 12.1 Å². The Bertz CT molecular complexity index is 845. The molecule has 0 saturated heterocycles. The van der Waals surface area contributed by atoms with E-state index < -0.39 is 10.0 Å². The first-order chi connectivity index (χ1) is 9.83. The molecule has 2 rings (SSSR count). The lowest BCUT2D eigenvalue weighted by Crippen LogP contribution is -2.14.